The average molecular weight is 400 g/mol. The van der Waals surface area contributed by atoms with E-state index in [0.717, 1.165) is 11.0 Å². The lowest BCUT2D eigenvalue weighted by molar-refractivity contribution is -0.127. The Morgan fingerprint density at radius 1 is 1.14 bits per heavy atom. The lowest BCUT2D eigenvalue weighted by Gasteiger charge is -2.12. The molecule has 0 unspecified atom stereocenters. The second-order valence-corrected chi connectivity index (χ2v) is 6.75. The molecule has 9 heteroatoms. The van der Waals surface area contributed by atoms with E-state index in [2.05, 4.69) is 5.32 Å². The fourth-order valence-corrected chi connectivity index (χ4v) is 3.26. The van der Waals surface area contributed by atoms with E-state index in [1.54, 1.807) is 0 Å². The number of hydrogen-bond donors (Lipinski definition) is 2. The highest BCUT2D eigenvalue weighted by atomic mass is 32.2. The molecule has 0 radical (unpaired) electrons. The van der Waals surface area contributed by atoms with Gasteiger partial charge in [-0.2, -0.15) is 0 Å². The van der Waals surface area contributed by atoms with Gasteiger partial charge in [-0.1, -0.05) is 18.2 Å². The van der Waals surface area contributed by atoms with Gasteiger partial charge in [0.15, 0.2) is 0 Å². The largest absolute Gasteiger partial charge is 0.478 e. The van der Waals surface area contributed by atoms with Crippen LogP contribution in [0.1, 0.15) is 15.9 Å². The molecule has 0 aliphatic carbocycles. The van der Waals surface area contributed by atoms with Crippen molar-refractivity contribution in [1.29, 1.82) is 0 Å². The van der Waals surface area contributed by atoms with E-state index in [1.165, 1.54) is 48.5 Å². The first-order valence-electron chi connectivity index (χ1n) is 7.97. The number of nitrogens with one attached hydrogen (secondary N) is 1. The monoisotopic (exact) mass is 400 g/mol. The third kappa shape index (κ3) is 4.44. The van der Waals surface area contributed by atoms with Crippen LogP contribution in [0.4, 0.5) is 14.9 Å². The van der Waals surface area contributed by atoms with Crippen molar-refractivity contribution < 1.29 is 28.7 Å². The van der Waals surface area contributed by atoms with E-state index in [9.17, 15) is 23.6 Å². The maximum atomic E-state index is 13.2. The molecule has 1 aliphatic rings. The van der Waals surface area contributed by atoms with Crippen LogP contribution in [0.2, 0.25) is 0 Å². The number of nitrogens with zero attached hydrogens (tertiary/aromatic N) is 1. The molecule has 2 aromatic rings. The van der Waals surface area contributed by atoms with Gasteiger partial charge in [0, 0.05) is 5.69 Å². The van der Waals surface area contributed by atoms with Crippen LogP contribution in [0.15, 0.2) is 53.4 Å². The van der Waals surface area contributed by atoms with E-state index in [1.807, 2.05) is 0 Å². The second kappa shape index (κ2) is 8.05. The molecule has 7 nitrogen and oxygen atoms in total. The molecule has 0 atom stereocenters. The first-order chi connectivity index (χ1) is 13.3. The molecule has 0 bridgehead atoms. The molecule has 1 heterocycles. The number of carbonyl (C=O) groups excluding carboxylic acids is 3. The minimum Gasteiger partial charge on any atom is -0.478 e. The maximum Gasteiger partial charge on any atom is 0.335 e. The summed E-state index contributed by atoms with van der Waals surface area (Å²) >= 11 is 0.680. The second-order valence-electron chi connectivity index (χ2n) is 5.75. The van der Waals surface area contributed by atoms with E-state index in [0.29, 0.717) is 17.3 Å². The number of rotatable bonds is 5. The van der Waals surface area contributed by atoms with Crippen molar-refractivity contribution in [3.8, 4) is 0 Å². The van der Waals surface area contributed by atoms with Crippen LogP contribution in [0.5, 0.6) is 0 Å². The number of imide groups is 1. The first-order valence-corrected chi connectivity index (χ1v) is 8.79. The molecule has 28 heavy (non-hydrogen) atoms. The Morgan fingerprint density at radius 2 is 1.86 bits per heavy atom. The van der Waals surface area contributed by atoms with Gasteiger partial charge in [-0.15, -0.1) is 0 Å². The zero-order valence-electron chi connectivity index (χ0n) is 14.2. The highest BCUT2D eigenvalue weighted by molar-refractivity contribution is 8.18. The topological polar surface area (TPSA) is 104 Å². The Labute approximate surface area is 162 Å². The molecular formula is C19H13FN2O5S. The minimum absolute atomic E-state index is 0.0966. The van der Waals surface area contributed by atoms with Crippen molar-refractivity contribution >= 4 is 46.5 Å². The maximum absolute atomic E-state index is 13.2. The Bertz CT molecular complexity index is 1000. The summed E-state index contributed by atoms with van der Waals surface area (Å²) in [4.78, 5) is 48.3. The molecular weight excluding hydrogens is 387 g/mol. The van der Waals surface area contributed by atoms with Crippen molar-refractivity contribution in [3.05, 3.63) is 70.4 Å². The van der Waals surface area contributed by atoms with E-state index < -0.39 is 35.4 Å². The summed E-state index contributed by atoms with van der Waals surface area (Å²) in [7, 11) is 0. The number of carboxylic acids is 1. The summed E-state index contributed by atoms with van der Waals surface area (Å²) < 4.78 is 13.2. The summed E-state index contributed by atoms with van der Waals surface area (Å²) in [6.45, 7) is -0.503. The third-order valence-electron chi connectivity index (χ3n) is 3.74. The number of halogens is 1. The van der Waals surface area contributed by atoms with E-state index in [4.69, 9.17) is 5.11 Å². The molecule has 142 valence electrons. The van der Waals surface area contributed by atoms with Gasteiger partial charge in [0.25, 0.3) is 11.1 Å². The van der Waals surface area contributed by atoms with Crippen molar-refractivity contribution in [3.63, 3.8) is 0 Å². The number of carbonyl (C=O) groups is 4. The summed E-state index contributed by atoms with van der Waals surface area (Å²) in [5.74, 6) is -2.87. The first kappa shape index (κ1) is 19.3. The number of thioether (sulfide) groups is 1. The fourth-order valence-electron chi connectivity index (χ4n) is 2.42. The molecule has 1 saturated heterocycles. The lowest BCUT2D eigenvalue weighted by Crippen LogP contribution is -2.36. The number of carboxylic acid groups (broad SMARTS) is 1. The predicted octanol–water partition coefficient (Wildman–Crippen LogP) is 3.20. The standard InChI is InChI=1S/C19H13FN2O5S/c20-13-2-1-3-14(9-13)21-16(23)10-22-17(24)15(28-19(22)27)8-11-4-6-12(7-5-11)18(25)26/h1-9H,10H2,(H,21,23)(H,25,26)/b15-8+. The highest BCUT2D eigenvalue weighted by Crippen LogP contribution is 2.32. The molecule has 2 aromatic carbocycles. The van der Waals surface area contributed by atoms with Gasteiger partial charge in [0.1, 0.15) is 12.4 Å². The third-order valence-corrected chi connectivity index (χ3v) is 4.65. The number of aromatic carboxylic acids is 1. The normalized spacial score (nSPS) is 15.2. The van der Waals surface area contributed by atoms with Crippen LogP contribution in [0.25, 0.3) is 6.08 Å². The van der Waals surface area contributed by atoms with Gasteiger partial charge in [-0.05, 0) is 53.7 Å². The SMILES string of the molecule is O=C(CN1C(=O)S/C(=C/c2ccc(C(=O)O)cc2)C1=O)Nc1cccc(F)c1. The summed E-state index contributed by atoms with van der Waals surface area (Å²) in [5.41, 5.74) is 0.852. The van der Waals surface area contributed by atoms with Gasteiger partial charge in [-0.25, -0.2) is 9.18 Å². The Morgan fingerprint density at radius 3 is 2.50 bits per heavy atom. The minimum atomic E-state index is -1.07. The summed E-state index contributed by atoms with van der Waals surface area (Å²) in [5, 5.41) is 10.7. The van der Waals surface area contributed by atoms with Crippen LogP contribution in [-0.4, -0.2) is 39.6 Å². The Hall–Kier alpha value is -3.46. The molecule has 2 N–H and O–H groups in total. The molecule has 1 aliphatic heterocycles. The zero-order valence-corrected chi connectivity index (χ0v) is 15.0. The average Bonchev–Trinajstić information content (AvgIpc) is 2.89. The van der Waals surface area contributed by atoms with Crippen molar-refractivity contribution in [2.75, 3.05) is 11.9 Å². The van der Waals surface area contributed by atoms with Crippen LogP contribution >= 0.6 is 11.8 Å². The molecule has 3 rings (SSSR count). The number of amides is 3. The zero-order chi connectivity index (χ0) is 20.3. The fraction of sp³-hybridized carbons (Fsp3) is 0.0526. The van der Waals surface area contributed by atoms with Crippen LogP contribution < -0.4 is 5.32 Å². The number of hydrogen-bond acceptors (Lipinski definition) is 5. The van der Waals surface area contributed by atoms with Crippen LogP contribution in [0, 0.1) is 5.82 Å². The molecule has 0 aromatic heterocycles. The van der Waals surface area contributed by atoms with Crippen LogP contribution in [-0.2, 0) is 9.59 Å². The van der Waals surface area contributed by atoms with Gasteiger partial charge >= 0.3 is 5.97 Å². The highest BCUT2D eigenvalue weighted by Gasteiger charge is 2.36. The lowest BCUT2D eigenvalue weighted by atomic mass is 10.1. The molecule has 0 saturated carbocycles. The van der Waals surface area contributed by atoms with Gasteiger partial charge in [-0.3, -0.25) is 19.3 Å². The Balaban J connectivity index is 1.69. The van der Waals surface area contributed by atoms with Crippen molar-refractivity contribution in [1.82, 2.24) is 4.90 Å². The van der Waals surface area contributed by atoms with Crippen LogP contribution in [0.3, 0.4) is 0 Å². The van der Waals surface area contributed by atoms with Crippen molar-refractivity contribution in [2.24, 2.45) is 0 Å². The molecule has 0 spiro atoms. The molecule has 3 amide bonds. The van der Waals surface area contributed by atoms with Gasteiger partial charge in [0.05, 0.1) is 10.5 Å². The van der Waals surface area contributed by atoms with E-state index >= 15 is 0 Å². The quantitative estimate of drug-likeness (QED) is 0.747. The number of anilines is 1. The van der Waals surface area contributed by atoms with Crippen molar-refractivity contribution in [2.45, 2.75) is 0 Å². The smallest absolute Gasteiger partial charge is 0.335 e. The predicted molar refractivity (Wildman–Crippen MR) is 101 cm³/mol. The van der Waals surface area contributed by atoms with E-state index in [-0.39, 0.29) is 16.2 Å². The van der Waals surface area contributed by atoms with Gasteiger partial charge in [0.2, 0.25) is 5.91 Å². The Kier molecular flexibility index (Phi) is 5.55. The van der Waals surface area contributed by atoms with Gasteiger partial charge < -0.3 is 10.4 Å². The molecule has 1 fully saturated rings. The summed E-state index contributed by atoms with van der Waals surface area (Å²) in [6.07, 6.45) is 1.45. The summed E-state index contributed by atoms with van der Waals surface area (Å²) in [6, 6.07) is 11.0. The number of benzene rings is 2.